The number of nitrogens with zero attached hydrogens (tertiary/aromatic N) is 1. The summed E-state index contributed by atoms with van der Waals surface area (Å²) in [5.74, 6) is 0. The molecule has 0 aliphatic heterocycles. The first-order valence-corrected chi connectivity index (χ1v) is 6.96. The Balaban J connectivity index is 2.14. The Morgan fingerprint density at radius 2 is 1.89 bits per heavy atom. The van der Waals surface area contributed by atoms with Crippen molar-refractivity contribution in [3.63, 3.8) is 0 Å². The molecule has 3 rings (SSSR count). The Hall–Kier alpha value is -1.28. The lowest BCUT2D eigenvalue weighted by Crippen LogP contribution is -2.28. The van der Waals surface area contributed by atoms with E-state index in [9.17, 15) is 0 Å². The van der Waals surface area contributed by atoms with Crippen LogP contribution >= 0.6 is 0 Å². The molecule has 96 valence electrons. The van der Waals surface area contributed by atoms with Gasteiger partial charge in [0.05, 0.1) is 0 Å². The van der Waals surface area contributed by atoms with E-state index in [0.29, 0.717) is 6.04 Å². The van der Waals surface area contributed by atoms with Gasteiger partial charge in [-0.05, 0) is 44.4 Å². The molecular formula is C16H22N2. The highest BCUT2D eigenvalue weighted by atomic mass is 15.0. The number of rotatable bonds is 2. The van der Waals surface area contributed by atoms with Crippen LogP contribution in [0.1, 0.15) is 51.1 Å². The second-order valence-electron chi connectivity index (χ2n) is 6.12. The number of benzene rings is 1. The average molecular weight is 242 g/mol. The van der Waals surface area contributed by atoms with Crippen LogP contribution in [0.15, 0.2) is 30.5 Å². The minimum atomic E-state index is -0.276. The molecule has 0 atom stereocenters. The van der Waals surface area contributed by atoms with Crippen LogP contribution in [0.5, 0.6) is 0 Å². The van der Waals surface area contributed by atoms with Crippen molar-refractivity contribution in [1.29, 1.82) is 0 Å². The summed E-state index contributed by atoms with van der Waals surface area (Å²) in [6.07, 6.45) is 7.62. The third kappa shape index (κ3) is 1.85. The maximum Gasteiger partial charge on any atom is 0.0486 e. The van der Waals surface area contributed by atoms with E-state index in [2.05, 4.69) is 48.9 Å². The van der Waals surface area contributed by atoms with Gasteiger partial charge in [-0.2, -0.15) is 0 Å². The van der Waals surface area contributed by atoms with E-state index in [1.54, 1.807) is 0 Å². The predicted octanol–water partition coefficient (Wildman–Crippen LogP) is 3.95. The molecule has 2 aromatic rings. The van der Waals surface area contributed by atoms with E-state index < -0.39 is 0 Å². The zero-order chi connectivity index (χ0) is 12.8. The molecule has 2 N–H and O–H groups in total. The van der Waals surface area contributed by atoms with Crippen molar-refractivity contribution < 1.29 is 0 Å². The predicted molar refractivity (Wildman–Crippen MR) is 76.7 cm³/mol. The smallest absolute Gasteiger partial charge is 0.0486 e. The molecule has 18 heavy (non-hydrogen) atoms. The van der Waals surface area contributed by atoms with Gasteiger partial charge in [0.1, 0.15) is 0 Å². The van der Waals surface area contributed by atoms with Crippen molar-refractivity contribution in [2.75, 3.05) is 0 Å². The van der Waals surface area contributed by atoms with Crippen LogP contribution in [0, 0.1) is 0 Å². The third-order valence-electron chi connectivity index (χ3n) is 4.18. The molecule has 1 aromatic carbocycles. The van der Waals surface area contributed by atoms with Crippen molar-refractivity contribution >= 4 is 10.9 Å². The first kappa shape index (κ1) is 11.8. The maximum absolute atomic E-state index is 6.28. The number of aromatic nitrogens is 1. The summed E-state index contributed by atoms with van der Waals surface area (Å²) in [7, 11) is 0. The van der Waals surface area contributed by atoms with Crippen LogP contribution in [-0.2, 0) is 5.54 Å². The molecule has 1 fully saturated rings. The zero-order valence-corrected chi connectivity index (χ0v) is 11.3. The van der Waals surface area contributed by atoms with Gasteiger partial charge in [-0.25, -0.2) is 0 Å². The van der Waals surface area contributed by atoms with Crippen LogP contribution in [0.2, 0.25) is 0 Å². The highest BCUT2D eigenvalue weighted by Crippen LogP contribution is 2.35. The molecule has 1 heterocycles. The molecule has 2 nitrogen and oxygen atoms in total. The Bertz CT molecular complexity index is 554. The normalized spacial score (nSPS) is 17.7. The van der Waals surface area contributed by atoms with E-state index in [4.69, 9.17) is 5.73 Å². The van der Waals surface area contributed by atoms with Gasteiger partial charge in [0.2, 0.25) is 0 Å². The first-order valence-electron chi connectivity index (χ1n) is 6.96. The van der Waals surface area contributed by atoms with Crippen molar-refractivity contribution in [2.45, 2.75) is 51.1 Å². The Morgan fingerprint density at radius 3 is 2.56 bits per heavy atom. The van der Waals surface area contributed by atoms with Crippen LogP contribution < -0.4 is 5.73 Å². The van der Waals surface area contributed by atoms with Gasteiger partial charge in [0.15, 0.2) is 0 Å². The van der Waals surface area contributed by atoms with Crippen LogP contribution in [0.4, 0.5) is 0 Å². The molecule has 0 bridgehead atoms. The minimum Gasteiger partial charge on any atom is -0.344 e. The van der Waals surface area contributed by atoms with E-state index in [-0.39, 0.29) is 5.54 Å². The van der Waals surface area contributed by atoms with E-state index in [1.807, 2.05) is 0 Å². The molecule has 2 heteroatoms. The standard InChI is InChI=1S/C16H22N2/c1-16(2,17)14-8-5-9-15-13(14)10-11-18(15)12-6-3-4-7-12/h5,8-12H,3-4,6-7,17H2,1-2H3. The number of nitrogens with two attached hydrogens (primary N) is 1. The third-order valence-corrected chi connectivity index (χ3v) is 4.18. The second kappa shape index (κ2) is 4.13. The van der Waals surface area contributed by atoms with Gasteiger partial charge < -0.3 is 10.3 Å². The summed E-state index contributed by atoms with van der Waals surface area (Å²) < 4.78 is 2.46. The number of fused-ring (bicyclic) bond motifs is 1. The van der Waals surface area contributed by atoms with Gasteiger partial charge in [0.25, 0.3) is 0 Å². The van der Waals surface area contributed by atoms with Gasteiger partial charge in [-0.3, -0.25) is 0 Å². The fourth-order valence-corrected chi connectivity index (χ4v) is 3.25. The molecule has 0 unspecified atom stereocenters. The van der Waals surface area contributed by atoms with Gasteiger partial charge >= 0.3 is 0 Å². The fraction of sp³-hybridized carbons (Fsp3) is 0.500. The lowest BCUT2D eigenvalue weighted by atomic mass is 9.92. The van der Waals surface area contributed by atoms with Gasteiger partial charge in [-0.1, -0.05) is 25.0 Å². The van der Waals surface area contributed by atoms with E-state index >= 15 is 0 Å². The highest BCUT2D eigenvalue weighted by molar-refractivity contribution is 5.84. The lowest BCUT2D eigenvalue weighted by Gasteiger charge is -2.21. The fourth-order valence-electron chi connectivity index (χ4n) is 3.25. The second-order valence-corrected chi connectivity index (χ2v) is 6.12. The van der Waals surface area contributed by atoms with E-state index in [0.717, 1.165) is 0 Å². The Labute approximate surface area is 109 Å². The molecule has 0 spiro atoms. The monoisotopic (exact) mass is 242 g/mol. The quantitative estimate of drug-likeness (QED) is 0.849. The lowest BCUT2D eigenvalue weighted by molar-refractivity contribution is 0.535. The largest absolute Gasteiger partial charge is 0.344 e. The van der Waals surface area contributed by atoms with Crippen LogP contribution in [0.3, 0.4) is 0 Å². The number of hydrogen-bond acceptors (Lipinski definition) is 1. The minimum absolute atomic E-state index is 0.276. The van der Waals surface area contributed by atoms with Gasteiger partial charge in [0, 0.05) is 28.7 Å². The SMILES string of the molecule is CC(C)(N)c1cccc2c1ccn2C1CCCC1. The number of hydrogen-bond donors (Lipinski definition) is 1. The van der Waals surface area contributed by atoms with Crippen molar-refractivity contribution in [3.05, 3.63) is 36.0 Å². The van der Waals surface area contributed by atoms with Crippen molar-refractivity contribution in [2.24, 2.45) is 5.73 Å². The topological polar surface area (TPSA) is 30.9 Å². The Kier molecular flexibility index (Phi) is 2.70. The van der Waals surface area contributed by atoms with Gasteiger partial charge in [-0.15, -0.1) is 0 Å². The summed E-state index contributed by atoms with van der Waals surface area (Å²) in [4.78, 5) is 0. The van der Waals surface area contributed by atoms with Crippen LogP contribution in [0.25, 0.3) is 10.9 Å². The van der Waals surface area contributed by atoms with E-state index in [1.165, 1.54) is 42.1 Å². The van der Waals surface area contributed by atoms with Crippen molar-refractivity contribution in [3.8, 4) is 0 Å². The highest BCUT2D eigenvalue weighted by Gasteiger charge is 2.21. The first-order chi connectivity index (χ1) is 8.57. The molecule has 0 amide bonds. The molecule has 0 saturated heterocycles. The summed E-state index contributed by atoms with van der Waals surface area (Å²) in [5, 5.41) is 1.32. The molecule has 1 aromatic heterocycles. The zero-order valence-electron chi connectivity index (χ0n) is 11.3. The molecule has 1 aliphatic carbocycles. The summed E-state index contributed by atoms with van der Waals surface area (Å²) >= 11 is 0. The molecule has 1 aliphatic rings. The average Bonchev–Trinajstić information content (AvgIpc) is 2.95. The molecule has 0 radical (unpaired) electrons. The summed E-state index contributed by atoms with van der Waals surface area (Å²) in [6, 6.07) is 9.44. The molecule has 1 saturated carbocycles. The van der Waals surface area contributed by atoms with Crippen LogP contribution in [-0.4, -0.2) is 4.57 Å². The summed E-state index contributed by atoms with van der Waals surface area (Å²) in [5.41, 5.74) is 8.59. The molecular weight excluding hydrogens is 220 g/mol. The Morgan fingerprint density at radius 1 is 1.17 bits per heavy atom. The summed E-state index contributed by atoms with van der Waals surface area (Å²) in [6.45, 7) is 4.16. The maximum atomic E-state index is 6.28. The van der Waals surface area contributed by atoms with Crippen molar-refractivity contribution in [1.82, 2.24) is 4.57 Å².